The van der Waals surface area contributed by atoms with Crippen molar-refractivity contribution in [2.24, 2.45) is 0 Å². The number of ether oxygens (including phenoxy) is 1. The summed E-state index contributed by atoms with van der Waals surface area (Å²) < 4.78 is 6.83. The van der Waals surface area contributed by atoms with E-state index < -0.39 is 0 Å². The smallest absolute Gasteiger partial charge is 0.253 e. The van der Waals surface area contributed by atoms with E-state index in [2.05, 4.69) is 0 Å². The summed E-state index contributed by atoms with van der Waals surface area (Å²) in [5.41, 5.74) is 2.00. The summed E-state index contributed by atoms with van der Waals surface area (Å²) in [7, 11) is 1.69. The van der Waals surface area contributed by atoms with Gasteiger partial charge in [-0.3, -0.25) is 0 Å². The van der Waals surface area contributed by atoms with Crippen LogP contribution in [0.1, 0.15) is 0 Å². The monoisotopic (exact) mass is 130 g/mol. The van der Waals surface area contributed by atoms with E-state index in [-0.39, 0.29) is 0 Å². The quantitative estimate of drug-likeness (QED) is 0.535. The topological polar surface area (TPSA) is 13.1 Å². The van der Waals surface area contributed by atoms with Crippen LogP contribution in [0.2, 0.25) is 0 Å². The molecule has 1 aromatic rings. The first-order valence-corrected chi connectivity index (χ1v) is 3.28. The van der Waals surface area contributed by atoms with E-state index in [1.807, 2.05) is 21.7 Å². The molecule has 2 nitrogen and oxygen atoms in total. The van der Waals surface area contributed by atoms with Gasteiger partial charge in [0.15, 0.2) is 6.20 Å². The largest absolute Gasteiger partial charge is 0.327 e. The molecule has 8 heavy (non-hydrogen) atoms. The molecule has 0 aliphatic rings. The van der Waals surface area contributed by atoms with Crippen molar-refractivity contribution in [2.75, 3.05) is 7.11 Å². The normalized spacial score (nSPS) is 9.62. The van der Waals surface area contributed by atoms with E-state index in [9.17, 15) is 0 Å². The lowest BCUT2D eigenvalue weighted by atomic mass is 10.9. The SMILES string of the molecule is COC[n+]1ccsc1. The number of hydrogen-bond donors (Lipinski definition) is 0. The van der Waals surface area contributed by atoms with Crippen LogP contribution in [0, 0.1) is 0 Å². The van der Waals surface area contributed by atoms with Gasteiger partial charge in [0.05, 0.1) is 5.38 Å². The van der Waals surface area contributed by atoms with Gasteiger partial charge in [-0.05, 0) is 0 Å². The Kier molecular flexibility index (Phi) is 2.00. The first-order valence-electron chi connectivity index (χ1n) is 2.33. The lowest BCUT2D eigenvalue weighted by molar-refractivity contribution is -0.726. The minimum atomic E-state index is 0.656. The number of thiazole rings is 1. The molecule has 0 spiro atoms. The van der Waals surface area contributed by atoms with Crippen molar-refractivity contribution in [2.45, 2.75) is 6.73 Å². The van der Waals surface area contributed by atoms with Gasteiger partial charge in [-0.25, -0.2) is 0 Å². The number of methoxy groups -OCH3 is 1. The predicted octanol–water partition coefficient (Wildman–Crippen LogP) is 0.639. The maximum atomic E-state index is 4.86. The second-order valence-electron chi connectivity index (χ2n) is 1.46. The molecule has 0 aliphatic carbocycles. The van der Waals surface area contributed by atoms with Gasteiger partial charge in [-0.1, -0.05) is 11.3 Å². The minimum Gasteiger partial charge on any atom is -0.327 e. The molecule has 0 saturated heterocycles. The molecule has 0 amide bonds. The standard InChI is InChI=1S/C5H8NOS/c1-7-4-6-2-3-8-5-6/h2-3,5H,4H2,1H3/q+1. The van der Waals surface area contributed by atoms with Gasteiger partial charge in [0.1, 0.15) is 0 Å². The van der Waals surface area contributed by atoms with Crippen molar-refractivity contribution in [1.82, 2.24) is 0 Å². The summed E-state index contributed by atoms with van der Waals surface area (Å²) in [5.74, 6) is 0. The van der Waals surface area contributed by atoms with Crippen molar-refractivity contribution in [3.8, 4) is 0 Å². The van der Waals surface area contributed by atoms with E-state index in [1.165, 1.54) is 0 Å². The molecule has 1 aromatic heterocycles. The first kappa shape index (κ1) is 5.72. The van der Waals surface area contributed by atoms with Crippen LogP contribution in [0.5, 0.6) is 0 Å². The van der Waals surface area contributed by atoms with Crippen molar-refractivity contribution >= 4 is 11.3 Å². The zero-order chi connectivity index (χ0) is 5.82. The Balaban J connectivity index is 2.50. The molecule has 44 valence electrons. The van der Waals surface area contributed by atoms with E-state index in [4.69, 9.17) is 4.74 Å². The highest BCUT2D eigenvalue weighted by Crippen LogP contribution is 1.86. The summed E-state index contributed by atoms with van der Waals surface area (Å²) in [6, 6.07) is 0. The Labute approximate surface area is 52.3 Å². The molecule has 1 heterocycles. The molecule has 0 unspecified atom stereocenters. The van der Waals surface area contributed by atoms with E-state index >= 15 is 0 Å². The van der Waals surface area contributed by atoms with Crippen LogP contribution in [0.25, 0.3) is 0 Å². The molecule has 0 aliphatic heterocycles. The lowest BCUT2D eigenvalue weighted by Crippen LogP contribution is -2.30. The molecule has 0 atom stereocenters. The van der Waals surface area contributed by atoms with Crippen LogP contribution >= 0.6 is 11.3 Å². The van der Waals surface area contributed by atoms with Crippen molar-refractivity contribution < 1.29 is 9.30 Å². The third kappa shape index (κ3) is 1.28. The zero-order valence-corrected chi connectivity index (χ0v) is 5.52. The fourth-order valence-electron chi connectivity index (χ4n) is 0.484. The number of aromatic nitrogens is 1. The molecule has 3 heteroatoms. The fourth-order valence-corrected chi connectivity index (χ4v) is 1.07. The van der Waals surface area contributed by atoms with Gasteiger partial charge in [0.25, 0.3) is 6.73 Å². The minimum absolute atomic E-state index is 0.656. The van der Waals surface area contributed by atoms with Crippen LogP contribution in [-0.4, -0.2) is 7.11 Å². The average Bonchev–Trinajstić information content (AvgIpc) is 2.19. The molecule has 0 N–H and O–H groups in total. The Hall–Kier alpha value is -0.410. The number of hydrogen-bond acceptors (Lipinski definition) is 2. The Morgan fingerprint density at radius 1 is 1.75 bits per heavy atom. The fraction of sp³-hybridized carbons (Fsp3) is 0.400. The van der Waals surface area contributed by atoms with Crippen LogP contribution in [0.15, 0.2) is 17.1 Å². The molecule has 0 bridgehead atoms. The maximum Gasteiger partial charge on any atom is 0.253 e. The average molecular weight is 130 g/mol. The highest BCUT2D eigenvalue weighted by molar-refractivity contribution is 7.07. The van der Waals surface area contributed by atoms with Gasteiger partial charge in [-0.15, -0.1) is 0 Å². The van der Waals surface area contributed by atoms with Crippen LogP contribution in [-0.2, 0) is 11.5 Å². The van der Waals surface area contributed by atoms with Crippen molar-refractivity contribution in [3.05, 3.63) is 17.1 Å². The molecule has 0 fully saturated rings. The van der Waals surface area contributed by atoms with Crippen LogP contribution in [0.3, 0.4) is 0 Å². The van der Waals surface area contributed by atoms with E-state index in [1.54, 1.807) is 18.4 Å². The summed E-state index contributed by atoms with van der Waals surface area (Å²) in [4.78, 5) is 0. The summed E-state index contributed by atoms with van der Waals surface area (Å²) in [6.45, 7) is 0.656. The third-order valence-corrected chi connectivity index (χ3v) is 1.48. The third-order valence-electron chi connectivity index (χ3n) is 0.805. The van der Waals surface area contributed by atoms with Gasteiger partial charge < -0.3 is 4.74 Å². The Morgan fingerprint density at radius 3 is 3.12 bits per heavy atom. The van der Waals surface area contributed by atoms with E-state index in [0.29, 0.717) is 6.73 Å². The second-order valence-corrected chi connectivity index (χ2v) is 2.21. The molecule has 1 rings (SSSR count). The first-order chi connectivity index (χ1) is 3.93. The predicted molar refractivity (Wildman–Crippen MR) is 31.5 cm³/mol. The van der Waals surface area contributed by atoms with Gasteiger partial charge in [0, 0.05) is 7.11 Å². The Morgan fingerprint density at radius 2 is 2.62 bits per heavy atom. The van der Waals surface area contributed by atoms with E-state index in [0.717, 1.165) is 0 Å². The van der Waals surface area contributed by atoms with Crippen molar-refractivity contribution in [3.63, 3.8) is 0 Å². The van der Waals surface area contributed by atoms with Crippen LogP contribution in [0.4, 0.5) is 0 Å². The summed E-state index contributed by atoms with van der Waals surface area (Å²) in [5, 5.41) is 2.01. The second kappa shape index (κ2) is 2.79. The summed E-state index contributed by atoms with van der Waals surface area (Å²) in [6.07, 6.45) is 1.98. The van der Waals surface area contributed by atoms with Gasteiger partial charge in [-0.2, -0.15) is 4.57 Å². The summed E-state index contributed by atoms with van der Waals surface area (Å²) >= 11 is 1.66. The molecular weight excluding hydrogens is 122 g/mol. The highest BCUT2D eigenvalue weighted by Gasteiger charge is 1.93. The highest BCUT2D eigenvalue weighted by atomic mass is 32.1. The number of nitrogens with zero attached hydrogens (tertiary/aromatic N) is 1. The molecular formula is C5H8NOS+. The maximum absolute atomic E-state index is 4.86. The van der Waals surface area contributed by atoms with Crippen molar-refractivity contribution in [1.29, 1.82) is 0 Å². The number of rotatable bonds is 2. The molecule has 0 saturated carbocycles. The Bertz CT molecular complexity index is 138. The lowest BCUT2D eigenvalue weighted by Gasteiger charge is -1.84. The zero-order valence-electron chi connectivity index (χ0n) is 4.70. The van der Waals surface area contributed by atoms with Gasteiger partial charge in [0.2, 0.25) is 5.51 Å². The van der Waals surface area contributed by atoms with Crippen LogP contribution < -0.4 is 4.57 Å². The molecule has 0 radical (unpaired) electrons. The van der Waals surface area contributed by atoms with Gasteiger partial charge >= 0.3 is 0 Å². The molecule has 0 aromatic carbocycles.